The summed E-state index contributed by atoms with van der Waals surface area (Å²) in [6.07, 6.45) is 4.09. The van der Waals surface area contributed by atoms with Gasteiger partial charge in [-0.3, -0.25) is 4.79 Å². The summed E-state index contributed by atoms with van der Waals surface area (Å²) in [5.41, 5.74) is 1.83. The highest BCUT2D eigenvalue weighted by atomic mass is 16.5. The van der Waals surface area contributed by atoms with E-state index < -0.39 is 0 Å². The zero-order valence-electron chi connectivity index (χ0n) is 17.2. The quantitative estimate of drug-likeness (QED) is 0.642. The first kappa shape index (κ1) is 21.4. The highest BCUT2D eigenvalue weighted by molar-refractivity contribution is 5.92. The Balaban J connectivity index is 2.20. The lowest BCUT2D eigenvalue weighted by Gasteiger charge is -2.20. The predicted octanol–water partition coefficient (Wildman–Crippen LogP) is 4.63. The summed E-state index contributed by atoms with van der Waals surface area (Å²) in [7, 11) is 4.68. The molecule has 1 atom stereocenters. The maximum Gasteiger partial charge on any atom is 0.244 e. The molecule has 1 N–H and O–H groups in total. The van der Waals surface area contributed by atoms with E-state index in [2.05, 4.69) is 19.2 Å². The fourth-order valence-corrected chi connectivity index (χ4v) is 3.08. The lowest BCUT2D eigenvalue weighted by molar-refractivity contribution is -0.117. The van der Waals surface area contributed by atoms with Crippen molar-refractivity contribution in [2.24, 2.45) is 5.92 Å². The van der Waals surface area contributed by atoms with Gasteiger partial charge in [-0.25, -0.2) is 0 Å². The Hall–Kier alpha value is -2.95. The first-order valence-corrected chi connectivity index (χ1v) is 9.32. The Labute approximate surface area is 167 Å². The molecule has 0 fully saturated rings. The Morgan fingerprint density at radius 3 is 2.21 bits per heavy atom. The number of methoxy groups -OCH3 is 3. The van der Waals surface area contributed by atoms with Gasteiger partial charge in [-0.2, -0.15) is 0 Å². The Morgan fingerprint density at radius 1 is 0.964 bits per heavy atom. The molecule has 0 unspecified atom stereocenters. The van der Waals surface area contributed by atoms with Crippen molar-refractivity contribution in [3.8, 4) is 17.2 Å². The summed E-state index contributed by atoms with van der Waals surface area (Å²) in [6, 6.07) is 13.6. The number of carbonyl (C=O) groups excluding carboxylic acids is 1. The minimum atomic E-state index is -0.161. The molecule has 150 valence electrons. The third-order valence-corrected chi connectivity index (χ3v) is 4.37. The largest absolute Gasteiger partial charge is 0.493 e. The van der Waals surface area contributed by atoms with Crippen LogP contribution in [0.3, 0.4) is 0 Å². The molecule has 1 amide bonds. The second-order valence-electron chi connectivity index (χ2n) is 6.86. The lowest BCUT2D eigenvalue weighted by atomic mass is 9.97. The minimum absolute atomic E-state index is 0.0364. The van der Waals surface area contributed by atoms with Gasteiger partial charge in [-0.05, 0) is 36.1 Å². The summed E-state index contributed by atoms with van der Waals surface area (Å²) in [6.45, 7) is 4.29. The average Bonchev–Trinajstić information content (AvgIpc) is 2.71. The standard InChI is InChI=1S/C23H29NO4/c1-16(2)15-19(17-9-7-6-8-10-17)24-21(25)14-12-18-11-13-20(26-3)23(28-5)22(18)27-4/h6-14,16,19H,15H2,1-5H3,(H,24,25)/b14-12+/t19-/m0/s1. The molecule has 0 aliphatic carbocycles. The molecular formula is C23H29NO4. The van der Waals surface area contributed by atoms with Crippen LogP contribution in [0.5, 0.6) is 17.2 Å². The molecule has 0 spiro atoms. The van der Waals surface area contributed by atoms with Crippen LogP contribution < -0.4 is 19.5 Å². The highest BCUT2D eigenvalue weighted by Gasteiger charge is 2.16. The Morgan fingerprint density at radius 2 is 1.64 bits per heavy atom. The predicted molar refractivity (Wildman–Crippen MR) is 112 cm³/mol. The van der Waals surface area contributed by atoms with E-state index >= 15 is 0 Å². The normalized spacial score (nSPS) is 12.1. The molecule has 0 saturated heterocycles. The second-order valence-corrected chi connectivity index (χ2v) is 6.86. The van der Waals surface area contributed by atoms with Crippen LogP contribution >= 0.6 is 0 Å². The van der Waals surface area contributed by atoms with E-state index in [1.165, 1.54) is 6.08 Å². The summed E-state index contributed by atoms with van der Waals surface area (Å²) < 4.78 is 16.1. The number of amides is 1. The van der Waals surface area contributed by atoms with Crippen molar-refractivity contribution in [2.75, 3.05) is 21.3 Å². The highest BCUT2D eigenvalue weighted by Crippen LogP contribution is 2.40. The zero-order chi connectivity index (χ0) is 20.5. The van der Waals surface area contributed by atoms with Crippen LogP contribution in [-0.2, 0) is 4.79 Å². The molecule has 0 bridgehead atoms. The molecule has 0 aliphatic rings. The van der Waals surface area contributed by atoms with E-state index in [0.29, 0.717) is 23.2 Å². The van der Waals surface area contributed by atoms with Crippen LogP contribution in [0.25, 0.3) is 6.08 Å². The van der Waals surface area contributed by atoms with Crippen molar-refractivity contribution in [1.29, 1.82) is 0 Å². The van der Waals surface area contributed by atoms with Crippen LogP contribution in [0, 0.1) is 5.92 Å². The van der Waals surface area contributed by atoms with Crippen molar-refractivity contribution >= 4 is 12.0 Å². The van der Waals surface area contributed by atoms with Gasteiger partial charge in [-0.1, -0.05) is 44.2 Å². The molecule has 0 saturated carbocycles. The first-order chi connectivity index (χ1) is 13.5. The average molecular weight is 383 g/mol. The van der Waals surface area contributed by atoms with Gasteiger partial charge in [0.25, 0.3) is 0 Å². The van der Waals surface area contributed by atoms with E-state index in [1.54, 1.807) is 33.5 Å². The van der Waals surface area contributed by atoms with E-state index in [4.69, 9.17) is 14.2 Å². The fraction of sp³-hybridized carbons (Fsp3) is 0.348. The number of carbonyl (C=O) groups is 1. The summed E-state index contributed by atoms with van der Waals surface area (Å²) >= 11 is 0. The van der Waals surface area contributed by atoms with Gasteiger partial charge in [-0.15, -0.1) is 0 Å². The smallest absolute Gasteiger partial charge is 0.244 e. The van der Waals surface area contributed by atoms with Crippen LogP contribution in [0.15, 0.2) is 48.5 Å². The second kappa shape index (κ2) is 10.4. The van der Waals surface area contributed by atoms with Gasteiger partial charge in [0.15, 0.2) is 11.5 Å². The maximum atomic E-state index is 12.6. The molecule has 0 heterocycles. The number of nitrogens with one attached hydrogen (secondary N) is 1. The van der Waals surface area contributed by atoms with Gasteiger partial charge in [0.05, 0.1) is 27.4 Å². The van der Waals surface area contributed by atoms with Crippen LogP contribution in [0.1, 0.15) is 37.4 Å². The van der Waals surface area contributed by atoms with E-state index in [-0.39, 0.29) is 11.9 Å². The molecule has 2 aromatic carbocycles. The number of benzene rings is 2. The van der Waals surface area contributed by atoms with Crippen LogP contribution in [-0.4, -0.2) is 27.2 Å². The molecule has 5 heteroatoms. The van der Waals surface area contributed by atoms with Gasteiger partial charge in [0, 0.05) is 11.6 Å². The Bertz CT molecular complexity index is 800. The van der Waals surface area contributed by atoms with E-state index in [1.807, 2.05) is 36.4 Å². The van der Waals surface area contributed by atoms with Gasteiger partial charge in [0.2, 0.25) is 11.7 Å². The van der Waals surface area contributed by atoms with E-state index in [9.17, 15) is 4.79 Å². The Kier molecular flexibility index (Phi) is 7.93. The molecule has 2 rings (SSSR count). The molecule has 2 aromatic rings. The maximum absolute atomic E-state index is 12.6. The summed E-state index contributed by atoms with van der Waals surface area (Å²) in [5, 5.41) is 3.10. The molecule has 0 radical (unpaired) electrons. The third kappa shape index (κ3) is 5.52. The first-order valence-electron chi connectivity index (χ1n) is 9.32. The van der Waals surface area contributed by atoms with Crippen molar-refractivity contribution in [3.63, 3.8) is 0 Å². The molecule has 0 aliphatic heterocycles. The molecule has 0 aromatic heterocycles. The fourth-order valence-electron chi connectivity index (χ4n) is 3.08. The summed E-state index contributed by atoms with van der Waals surface area (Å²) in [5.74, 6) is 1.89. The minimum Gasteiger partial charge on any atom is -0.493 e. The van der Waals surface area contributed by atoms with Crippen molar-refractivity contribution in [1.82, 2.24) is 5.32 Å². The molecular weight excluding hydrogens is 354 g/mol. The van der Waals surface area contributed by atoms with Crippen molar-refractivity contribution in [3.05, 3.63) is 59.7 Å². The molecule has 5 nitrogen and oxygen atoms in total. The van der Waals surface area contributed by atoms with E-state index in [0.717, 1.165) is 17.5 Å². The zero-order valence-corrected chi connectivity index (χ0v) is 17.2. The van der Waals surface area contributed by atoms with Gasteiger partial charge in [0.1, 0.15) is 0 Å². The summed E-state index contributed by atoms with van der Waals surface area (Å²) in [4.78, 5) is 12.6. The van der Waals surface area contributed by atoms with Crippen LogP contribution in [0.4, 0.5) is 0 Å². The SMILES string of the molecule is COc1ccc(/C=C/C(=O)N[C@@H](CC(C)C)c2ccccc2)c(OC)c1OC. The van der Waals surface area contributed by atoms with Crippen molar-refractivity contribution < 1.29 is 19.0 Å². The number of hydrogen-bond donors (Lipinski definition) is 1. The molecule has 28 heavy (non-hydrogen) atoms. The third-order valence-electron chi connectivity index (χ3n) is 4.37. The van der Waals surface area contributed by atoms with Crippen LogP contribution in [0.2, 0.25) is 0 Å². The monoisotopic (exact) mass is 383 g/mol. The van der Waals surface area contributed by atoms with Gasteiger partial charge >= 0.3 is 0 Å². The van der Waals surface area contributed by atoms with Crippen molar-refractivity contribution in [2.45, 2.75) is 26.3 Å². The number of hydrogen-bond acceptors (Lipinski definition) is 4. The topological polar surface area (TPSA) is 56.8 Å². The number of ether oxygens (including phenoxy) is 3. The van der Waals surface area contributed by atoms with Gasteiger partial charge < -0.3 is 19.5 Å². The lowest BCUT2D eigenvalue weighted by Crippen LogP contribution is -2.27. The number of rotatable bonds is 9.